The van der Waals surface area contributed by atoms with Gasteiger partial charge in [0.25, 0.3) is 0 Å². The maximum atomic E-state index is 12.9. The van der Waals surface area contributed by atoms with Crippen molar-refractivity contribution in [2.24, 2.45) is 0 Å². The second-order valence-corrected chi connectivity index (χ2v) is 19.9. The Balaban J connectivity index is 4.39. The van der Waals surface area contributed by atoms with Gasteiger partial charge in [0.1, 0.15) is 13.2 Å². The van der Waals surface area contributed by atoms with Crippen LogP contribution in [0.1, 0.15) is 265 Å². The van der Waals surface area contributed by atoms with Crippen LogP contribution in [-0.2, 0) is 28.6 Å². The lowest BCUT2D eigenvalue weighted by atomic mass is 10.1. The molecule has 0 radical (unpaired) electrons. The fourth-order valence-corrected chi connectivity index (χ4v) is 8.02. The number of carbonyl (C=O) groups excluding carboxylic acids is 3. The molecule has 0 aliphatic carbocycles. The minimum absolute atomic E-state index is 0.100. The lowest BCUT2D eigenvalue weighted by molar-refractivity contribution is -0.167. The first-order chi connectivity index (χ1) is 37.0. The predicted molar refractivity (Wildman–Crippen MR) is 325 cm³/mol. The van der Waals surface area contributed by atoms with E-state index in [2.05, 4.69) is 154 Å². The molecule has 0 fully saturated rings. The number of hydrogen-bond donors (Lipinski definition) is 0. The molecule has 0 N–H and O–H groups in total. The minimum atomic E-state index is -0.804. The molecular weight excluding hydrogens is 925 g/mol. The lowest BCUT2D eigenvalue weighted by Gasteiger charge is -2.18. The van der Waals surface area contributed by atoms with Crippen LogP contribution in [0.3, 0.4) is 0 Å². The molecule has 0 saturated heterocycles. The number of esters is 3. The summed E-state index contributed by atoms with van der Waals surface area (Å²) in [5, 5.41) is 0. The van der Waals surface area contributed by atoms with Crippen molar-refractivity contribution < 1.29 is 28.6 Å². The third-order valence-electron chi connectivity index (χ3n) is 12.6. The number of rotatable bonds is 54. The van der Waals surface area contributed by atoms with E-state index in [0.29, 0.717) is 19.3 Å². The molecule has 0 amide bonds. The van der Waals surface area contributed by atoms with Gasteiger partial charge in [-0.3, -0.25) is 14.4 Å². The molecule has 75 heavy (non-hydrogen) atoms. The zero-order valence-corrected chi connectivity index (χ0v) is 48.5. The molecule has 424 valence electrons. The average molecular weight is 1040 g/mol. The SMILES string of the molecule is CC/C=C\C/C=C\C/C=C\C/C=C\C/C=C\C/C=C\C/C=C\C/C=C\CCCCCCC(=O)OCC(COC(=O)CCCCCCC/C=C\C/C=C\CCC)OC(=O)CCCCCCC/C=C\CCCCCCCC. The summed E-state index contributed by atoms with van der Waals surface area (Å²) in [6, 6.07) is 0. The van der Waals surface area contributed by atoms with Crippen molar-refractivity contribution >= 4 is 17.9 Å². The number of hydrogen-bond acceptors (Lipinski definition) is 6. The van der Waals surface area contributed by atoms with E-state index in [1.54, 1.807) is 0 Å². The third-order valence-corrected chi connectivity index (χ3v) is 12.6. The van der Waals surface area contributed by atoms with Crippen molar-refractivity contribution in [2.45, 2.75) is 271 Å². The van der Waals surface area contributed by atoms with Gasteiger partial charge in [0.2, 0.25) is 0 Å². The van der Waals surface area contributed by atoms with Gasteiger partial charge < -0.3 is 14.2 Å². The van der Waals surface area contributed by atoms with Gasteiger partial charge in [-0.05, 0) is 135 Å². The molecule has 0 saturated carbocycles. The topological polar surface area (TPSA) is 78.9 Å². The molecule has 6 heteroatoms. The first-order valence-corrected chi connectivity index (χ1v) is 30.7. The summed E-state index contributed by atoms with van der Waals surface area (Å²) >= 11 is 0. The maximum absolute atomic E-state index is 12.9. The smallest absolute Gasteiger partial charge is 0.306 e. The number of ether oxygens (including phenoxy) is 3. The van der Waals surface area contributed by atoms with Crippen LogP contribution in [0.15, 0.2) is 134 Å². The number of carbonyl (C=O) groups is 3. The highest BCUT2D eigenvalue weighted by molar-refractivity contribution is 5.71. The highest BCUT2D eigenvalue weighted by atomic mass is 16.6. The summed E-state index contributed by atoms with van der Waals surface area (Å²) in [6.45, 7) is 6.41. The second-order valence-electron chi connectivity index (χ2n) is 19.9. The Labute approximate surface area is 462 Å². The van der Waals surface area contributed by atoms with E-state index in [9.17, 15) is 14.4 Å². The molecule has 1 unspecified atom stereocenters. The number of allylic oxidation sites excluding steroid dienone is 22. The zero-order chi connectivity index (χ0) is 54.3. The first-order valence-electron chi connectivity index (χ1n) is 30.7. The van der Waals surface area contributed by atoms with Crippen LogP contribution >= 0.6 is 0 Å². The molecule has 0 rings (SSSR count). The summed E-state index contributed by atoms with van der Waals surface area (Å²) in [6.07, 6.45) is 87.3. The molecule has 0 spiro atoms. The van der Waals surface area contributed by atoms with Crippen molar-refractivity contribution in [3.63, 3.8) is 0 Å². The second kappa shape index (κ2) is 62.1. The molecule has 1 atom stereocenters. The van der Waals surface area contributed by atoms with Gasteiger partial charge in [-0.1, -0.05) is 244 Å². The predicted octanol–water partition coefficient (Wildman–Crippen LogP) is 21.0. The highest BCUT2D eigenvalue weighted by Crippen LogP contribution is 2.14. The Morgan fingerprint density at radius 2 is 0.547 bits per heavy atom. The highest BCUT2D eigenvalue weighted by Gasteiger charge is 2.19. The Bertz CT molecular complexity index is 1620. The van der Waals surface area contributed by atoms with Crippen LogP contribution < -0.4 is 0 Å². The van der Waals surface area contributed by atoms with Crippen molar-refractivity contribution in [3.8, 4) is 0 Å². The Hall–Kier alpha value is -4.45. The third kappa shape index (κ3) is 60.3. The normalized spacial score (nSPS) is 13.1. The number of unbranched alkanes of at least 4 members (excludes halogenated alkanes) is 21. The van der Waals surface area contributed by atoms with Crippen molar-refractivity contribution in [1.29, 1.82) is 0 Å². The summed E-state index contributed by atoms with van der Waals surface area (Å²) in [5.74, 6) is -0.949. The fraction of sp³-hybridized carbons (Fsp3) is 0.638. The standard InChI is InChI=1S/C69H112O6/c1-4-7-10-13-16-19-22-25-27-28-29-30-31-32-33-34-35-36-37-38-39-40-42-44-47-50-53-56-59-62-68(71)74-65-66(64-73-67(70)61-58-55-52-49-46-43-24-21-18-15-12-9-6-3)75-69(72)63-60-57-54-51-48-45-41-26-23-20-17-14-11-8-5-2/h7,10,12,15-16,19,21,24-27,29-30,32-33,35-36,38-39,41-42,44,66H,4-6,8-9,11,13-14,17-18,20,22-23,28,31,34,37,40,43,45-65H2,1-3H3/b10-7-,15-12-,19-16-,24-21-,27-25-,30-29-,33-32-,36-35-,39-38-,41-26-,44-42-. The molecule has 0 aliphatic heterocycles. The largest absolute Gasteiger partial charge is 0.462 e. The molecule has 6 nitrogen and oxygen atoms in total. The van der Waals surface area contributed by atoms with Gasteiger partial charge in [-0.25, -0.2) is 0 Å². The summed E-state index contributed by atoms with van der Waals surface area (Å²) in [4.78, 5) is 38.2. The molecule has 0 aromatic rings. The molecule has 0 bridgehead atoms. The molecule has 0 aromatic carbocycles. The van der Waals surface area contributed by atoms with E-state index < -0.39 is 6.10 Å². The minimum Gasteiger partial charge on any atom is -0.462 e. The summed E-state index contributed by atoms with van der Waals surface area (Å²) in [5.41, 5.74) is 0. The van der Waals surface area contributed by atoms with Gasteiger partial charge in [0, 0.05) is 19.3 Å². The van der Waals surface area contributed by atoms with Gasteiger partial charge >= 0.3 is 17.9 Å². The van der Waals surface area contributed by atoms with Gasteiger partial charge in [0.05, 0.1) is 0 Å². The van der Waals surface area contributed by atoms with Crippen molar-refractivity contribution in [3.05, 3.63) is 134 Å². The van der Waals surface area contributed by atoms with Crippen LogP contribution in [0.4, 0.5) is 0 Å². The van der Waals surface area contributed by atoms with Gasteiger partial charge in [-0.15, -0.1) is 0 Å². The average Bonchev–Trinajstić information content (AvgIpc) is 3.41. The quantitative estimate of drug-likeness (QED) is 0.0261. The Morgan fingerprint density at radius 3 is 0.880 bits per heavy atom. The van der Waals surface area contributed by atoms with Gasteiger partial charge in [-0.2, -0.15) is 0 Å². The monoisotopic (exact) mass is 1040 g/mol. The lowest BCUT2D eigenvalue weighted by Crippen LogP contribution is -2.30. The maximum Gasteiger partial charge on any atom is 0.306 e. The fourth-order valence-electron chi connectivity index (χ4n) is 8.02. The van der Waals surface area contributed by atoms with E-state index in [1.165, 1.54) is 57.8 Å². The zero-order valence-electron chi connectivity index (χ0n) is 48.5. The first kappa shape index (κ1) is 70.5. The van der Waals surface area contributed by atoms with E-state index >= 15 is 0 Å². The molecular formula is C69H112O6. The summed E-state index contributed by atoms with van der Waals surface area (Å²) in [7, 11) is 0. The van der Waals surface area contributed by atoms with E-state index in [0.717, 1.165) is 167 Å². The van der Waals surface area contributed by atoms with Crippen LogP contribution in [0.5, 0.6) is 0 Å². The van der Waals surface area contributed by atoms with E-state index in [1.807, 2.05) is 0 Å². The van der Waals surface area contributed by atoms with E-state index in [4.69, 9.17) is 14.2 Å². The van der Waals surface area contributed by atoms with Crippen molar-refractivity contribution in [2.75, 3.05) is 13.2 Å². The van der Waals surface area contributed by atoms with Crippen molar-refractivity contribution in [1.82, 2.24) is 0 Å². The van der Waals surface area contributed by atoms with Crippen LogP contribution in [0, 0.1) is 0 Å². The Morgan fingerprint density at radius 1 is 0.280 bits per heavy atom. The summed E-state index contributed by atoms with van der Waals surface area (Å²) < 4.78 is 16.8. The van der Waals surface area contributed by atoms with E-state index in [-0.39, 0.29) is 31.1 Å². The van der Waals surface area contributed by atoms with Crippen LogP contribution in [0.2, 0.25) is 0 Å². The molecule has 0 aromatic heterocycles. The Kier molecular flexibility index (Phi) is 58.4. The van der Waals surface area contributed by atoms with Gasteiger partial charge in [0.15, 0.2) is 6.10 Å². The van der Waals surface area contributed by atoms with Crippen LogP contribution in [0.25, 0.3) is 0 Å². The molecule has 0 heterocycles. The van der Waals surface area contributed by atoms with Crippen LogP contribution in [-0.4, -0.2) is 37.2 Å². The molecule has 0 aliphatic rings.